The van der Waals surface area contributed by atoms with Crippen LogP contribution in [0.2, 0.25) is 0 Å². The van der Waals surface area contributed by atoms with Gasteiger partial charge in [-0.3, -0.25) is 0 Å². The lowest BCUT2D eigenvalue weighted by molar-refractivity contribution is 0.587. The van der Waals surface area contributed by atoms with Crippen molar-refractivity contribution >= 4 is 22.5 Å². The SMILES string of the molecule is CC(CS)Cc1ccc(S(=O)(=O)C(C)C)cc1. The Balaban J connectivity index is 2.89. The largest absolute Gasteiger partial charge is 0.223 e. The molecule has 2 nitrogen and oxygen atoms in total. The molecule has 1 rings (SSSR count). The molecule has 0 aromatic heterocycles. The molecule has 1 aromatic rings. The van der Waals surface area contributed by atoms with Crippen molar-refractivity contribution in [3.63, 3.8) is 0 Å². The molecule has 1 atom stereocenters. The Labute approximate surface area is 110 Å². The molecule has 0 heterocycles. The molecule has 1 aromatic carbocycles. The van der Waals surface area contributed by atoms with Gasteiger partial charge >= 0.3 is 0 Å². The average Bonchev–Trinajstić information content (AvgIpc) is 2.29. The van der Waals surface area contributed by atoms with Gasteiger partial charge in [0.05, 0.1) is 10.1 Å². The molecule has 0 aliphatic carbocycles. The number of hydrogen-bond donors (Lipinski definition) is 1. The Hall–Kier alpha value is -0.480. The van der Waals surface area contributed by atoms with Gasteiger partial charge in [0.1, 0.15) is 0 Å². The van der Waals surface area contributed by atoms with Gasteiger partial charge in [0, 0.05) is 0 Å². The van der Waals surface area contributed by atoms with Crippen molar-refractivity contribution in [3.05, 3.63) is 29.8 Å². The van der Waals surface area contributed by atoms with E-state index in [0.717, 1.165) is 17.7 Å². The van der Waals surface area contributed by atoms with Crippen LogP contribution >= 0.6 is 12.6 Å². The van der Waals surface area contributed by atoms with Crippen molar-refractivity contribution < 1.29 is 8.42 Å². The van der Waals surface area contributed by atoms with Gasteiger partial charge in [0.25, 0.3) is 0 Å². The highest BCUT2D eigenvalue weighted by Gasteiger charge is 2.18. The molecule has 1 unspecified atom stereocenters. The fraction of sp³-hybridized carbons (Fsp3) is 0.538. The van der Waals surface area contributed by atoms with E-state index in [0.29, 0.717) is 10.8 Å². The van der Waals surface area contributed by atoms with E-state index in [2.05, 4.69) is 19.6 Å². The Morgan fingerprint density at radius 2 is 1.65 bits per heavy atom. The maximum absolute atomic E-state index is 11.9. The van der Waals surface area contributed by atoms with Gasteiger partial charge in [-0.05, 0) is 49.6 Å². The molecule has 4 heteroatoms. The van der Waals surface area contributed by atoms with Crippen LogP contribution in [0.15, 0.2) is 29.2 Å². The minimum Gasteiger partial charge on any atom is -0.223 e. The van der Waals surface area contributed by atoms with E-state index in [1.807, 2.05) is 12.1 Å². The minimum atomic E-state index is -3.14. The summed E-state index contributed by atoms with van der Waals surface area (Å²) in [5.41, 5.74) is 1.16. The average molecular weight is 272 g/mol. The van der Waals surface area contributed by atoms with Crippen molar-refractivity contribution in [1.29, 1.82) is 0 Å². The lowest BCUT2D eigenvalue weighted by atomic mass is 10.0. The van der Waals surface area contributed by atoms with Crippen LogP contribution in [0.1, 0.15) is 26.3 Å². The van der Waals surface area contributed by atoms with Gasteiger partial charge in [-0.2, -0.15) is 12.6 Å². The molecule has 0 fully saturated rings. The molecule has 0 N–H and O–H groups in total. The lowest BCUT2D eigenvalue weighted by Gasteiger charge is -2.10. The van der Waals surface area contributed by atoms with Gasteiger partial charge in [-0.25, -0.2) is 8.42 Å². The zero-order chi connectivity index (χ0) is 13.1. The first-order valence-electron chi connectivity index (χ1n) is 5.81. The van der Waals surface area contributed by atoms with Gasteiger partial charge in [0.2, 0.25) is 0 Å². The molecule has 0 radical (unpaired) electrons. The van der Waals surface area contributed by atoms with Crippen molar-refractivity contribution in [2.75, 3.05) is 5.75 Å². The Morgan fingerprint density at radius 3 is 2.06 bits per heavy atom. The maximum atomic E-state index is 11.9. The summed E-state index contributed by atoms with van der Waals surface area (Å²) in [6, 6.07) is 7.20. The summed E-state index contributed by atoms with van der Waals surface area (Å²) in [7, 11) is -3.14. The second-order valence-corrected chi connectivity index (χ2v) is 7.60. The molecule has 96 valence electrons. The number of benzene rings is 1. The van der Waals surface area contributed by atoms with E-state index in [1.165, 1.54) is 0 Å². The molecule has 0 aliphatic heterocycles. The van der Waals surface area contributed by atoms with Crippen molar-refractivity contribution in [2.45, 2.75) is 37.3 Å². The second kappa shape index (κ2) is 5.91. The van der Waals surface area contributed by atoms with Gasteiger partial charge < -0.3 is 0 Å². The van der Waals surface area contributed by atoms with Gasteiger partial charge in [0.15, 0.2) is 9.84 Å². The van der Waals surface area contributed by atoms with Gasteiger partial charge in [-0.15, -0.1) is 0 Å². The molecule has 0 saturated heterocycles. The van der Waals surface area contributed by atoms with Gasteiger partial charge in [-0.1, -0.05) is 19.1 Å². The predicted octanol–water partition coefficient (Wildman–Crippen LogP) is 2.98. The summed E-state index contributed by atoms with van der Waals surface area (Å²) >= 11 is 4.24. The first kappa shape index (κ1) is 14.6. The van der Waals surface area contributed by atoms with Crippen LogP contribution in [-0.2, 0) is 16.3 Å². The second-order valence-electron chi connectivity index (χ2n) is 4.73. The van der Waals surface area contributed by atoms with Crippen LogP contribution in [-0.4, -0.2) is 19.4 Å². The smallest absolute Gasteiger partial charge is 0.180 e. The van der Waals surface area contributed by atoms with Crippen LogP contribution in [0.25, 0.3) is 0 Å². The third-order valence-electron chi connectivity index (χ3n) is 2.77. The summed E-state index contributed by atoms with van der Waals surface area (Å²) < 4.78 is 23.8. The first-order valence-corrected chi connectivity index (χ1v) is 7.99. The minimum absolute atomic E-state index is 0.371. The normalized spacial score (nSPS) is 13.9. The fourth-order valence-corrected chi connectivity index (χ4v) is 2.74. The highest BCUT2D eigenvalue weighted by Crippen LogP contribution is 2.18. The predicted molar refractivity (Wildman–Crippen MR) is 75.5 cm³/mol. The van der Waals surface area contributed by atoms with E-state index in [-0.39, 0.29) is 5.25 Å². The van der Waals surface area contributed by atoms with Crippen LogP contribution in [0.5, 0.6) is 0 Å². The molecule has 0 aliphatic rings. The number of rotatable bonds is 5. The summed E-state index contributed by atoms with van der Waals surface area (Å²) in [6.07, 6.45) is 0.936. The Kier molecular flexibility index (Phi) is 5.07. The van der Waals surface area contributed by atoms with Crippen molar-refractivity contribution in [1.82, 2.24) is 0 Å². The summed E-state index contributed by atoms with van der Waals surface area (Å²) in [5, 5.41) is -0.371. The van der Waals surface area contributed by atoms with Crippen LogP contribution < -0.4 is 0 Å². The first-order chi connectivity index (χ1) is 7.87. The van der Waals surface area contributed by atoms with Crippen LogP contribution in [0.4, 0.5) is 0 Å². The third kappa shape index (κ3) is 3.75. The lowest BCUT2D eigenvalue weighted by Crippen LogP contribution is -2.14. The molecular weight excluding hydrogens is 252 g/mol. The van der Waals surface area contributed by atoms with E-state index < -0.39 is 9.84 Å². The quantitative estimate of drug-likeness (QED) is 0.836. The monoisotopic (exact) mass is 272 g/mol. The standard InChI is InChI=1S/C13H20O2S2/c1-10(2)17(14,15)13-6-4-12(5-7-13)8-11(3)9-16/h4-7,10-11,16H,8-9H2,1-3H3. The number of thiol groups is 1. The highest BCUT2D eigenvalue weighted by molar-refractivity contribution is 7.92. The van der Waals surface area contributed by atoms with Crippen molar-refractivity contribution in [2.24, 2.45) is 5.92 Å². The molecule has 0 bridgehead atoms. The topological polar surface area (TPSA) is 34.1 Å². The highest BCUT2D eigenvalue weighted by atomic mass is 32.2. The van der Waals surface area contributed by atoms with Crippen LogP contribution in [0, 0.1) is 5.92 Å². The molecule has 17 heavy (non-hydrogen) atoms. The third-order valence-corrected chi connectivity index (χ3v) is 5.56. The van der Waals surface area contributed by atoms with Crippen molar-refractivity contribution in [3.8, 4) is 0 Å². The van der Waals surface area contributed by atoms with E-state index in [1.54, 1.807) is 26.0 Å². The van der Waals surface area contributed by atoms with Crippen LogP contribution in [0.3, 0.4) is 0 Å². The molecular formula is C13H20O2S2. The fourth-order valence-electron chi connectivity index (χ4n) is 1.55. The number of sulfone groups is 1. The summed E-state index contributed by atoms with van der Waals surface area (Å²) in [6.45, 7) is 5.53. The maximum Gasteiger partial charge on any atom is 0.180 e. The molecule has 0 spiro atoms. The number of hydrogen-bond acceptors (Lipinski definition) is 3. The van der Waals surface area contributed by atoms with E-state index >= 15 is 0 Å². The zero-order valence-corrected chi connectivity index (χ0v) is 12.3. The summed E-state index contributed by atoms with van der Waals surface area (Å²) in [4.78, 5) is 0.412. The van der Waals surface area contributed by atoms with E-state index in [9.17, 15) is 8.42 Å². The molecule has 0 amide bonds. The molecule has 0 saturated carbocycles. The summed E-state index contributed by atoms with van der Waals surface area (Å²) in [5.74, 6) is 1.34. The Bertz CT molecular complexity index is 447. The van der Waals surface area contributed by atoms with E-state index in [4.69, 9.17) is 0 Å². The zero-order valence-electron chi connectivity index (χ0n) is 10.6. The Morgan fingerprint density at radius 1 is 1.12 bits per heavy atom.